The van der Waals surface area contributed by atoms with Crippen LogP contribution in [0.1, 0.15) is 11.1 Å². The zero-order valence-corrected chi connectivity index (χ0v) is 18.4. The van der Waals surface area contributed by atoms with E-state index in [2.05, 4.69) is 5.32 Å². The number of hydrogen-bond acceptors (Lipinski definition) is 6. The van der Waals surface area contributed by atoms with E-state index in [4.69, 9.17) is 31.5 Å². The maximum absolute atomic E-state index is 12.5. The highest BCUT2D eigenvalue weighted by Crippen LogP contribution is 2.38. The van der Waals surface area contributed by atoms with Crippen LogP contribution in [0.25, 0.3) is 0 Å². The van der Waals surface area contributed by atoms with Crippen molar-refractivity contribution in [3.05, 3.63) is 76.8 Å². The molecular formula is C22H18ClN3O5S. The molecule has 0 aliphatic carbocycles. The van der Waals surface area contributed by atoms with Gasteiger partial charge in [0.05, 0.1) is 24.0 Å². The number of hydrogen-bond donors (Lipinski definition) is 2. The first-order chi connectivity index (χ1) is 15.2. The summed E-state index contributed by atoms with van der Waals surface area (Å²) in [7, 11) is -2.37. The number of carbonyl (C=O) groups excluding carboxylic acids is 1. The number of rotatable bonds is 7. The van der Waals surface area contributed by atoms with Gasteiger partial charge in [0.2, 0.25) is 15.9 Å². The minimum absolute atomic E-state index is 0.0384. The second-order valence-corrected chi connectivity index (χ2v) is 8.51. The monoisotopic (exact) mass is 471 g/mol. The van der Waals surface area contributed by atoms with Gasteiger partial charge in [-0.2, -0.15) is 5.26 Å². The molecule has 3 rings (SSSR count). The van der Waals surface area contributed by atoms with E-state index >= 15 is 0 Å². The largest absolute Gasteiger partial charge is 0.493 e. The Labute approximate surface area is 190 Å². The first-order valence-electron chi connectivity index (χ1n) is 9.18. The van der Waals surface area contributed by atoms with Gasteiger partial charge in [-0.25, -0.2) is 13.6 Å². The van der Waals surface area contributed by atoms with Crippen molar-refractivity contribution in [1.82, 2.24) is 0 Å². The molecule has 32 heavy (non-hydrogen) atoms. The standard InChI is InChI=1S/C22H18ClN3O5S/c1-30-22-14(12-20(27)26-16-8-10-17(11-9-16)32(25,28)29)4-2-7-19(22)31-18-6-3-5-15(13-24)21(18)23/h2-11H,12H2,1H3,(H,26,27)(H2,25,28,29). The van der Waals surface area contributed by atoms with Crippen LogP contribution < -0.4 is 19.9 Å². The number of nitrogens with one attached hydrogen (secondary N) is 1. The van der Waals surface area contributed by atoms with Gasteiger partial charge in [-0.05, 0) is 42.5 Å². The van der Waals surface area contributed by atoms with Crippen LogP contribution in [0.4, 0.5) is 5.69 Å². The number of para-hydroxylation sites is 1. The molecule has 0 atom stereocenters. The van der Waals surface area contributed by atoms with E-state index in [1.807, 2.05) is 6.07 Å². The van der Waals surface area contributed by atoms with Gasteiger partial charge in [0.1, 0.15) is 16.8 Å². The summed E-state index contributed by atoms with van der Waals surface area (Å²) in [6.45, 7) is 0. The van der Waals surface area contributed by atoms with Gasteiger partial charge in [0, 0.05) is 11.3 Å². The predicted octanol–water partition coefficient (Wildman–Crippen LogP) is 3.84. The predicted molar refractivity (Wildman–Crippen MR) is 119 cm³/mol. The van der Waals surface area contributed by atoms with Gasteiger partial charge in [0.15, 0.2) is 11.5 Å². The Hall–Kier alpha value is -3.58. The number of halogens is 1. The van der Waals surface area contributed by atoms with Crippen LogP contribution in [0.2, 0.25) is 5.02 Å². The van der Waals surface area contributed by atoms with Crippen LogP contribution in [0, 0.1) is 11.3 Å². The molecule has 3 aromatic rings. The average molecular weight is 472 g/mol. The number of carbonyl (C=O) groups is 1. The van der Waals surface area contributed by atoms with Gasteiger partial charge >= 0.3 is 0 Å². The van der Waals surface area contributed by atoms with Crippen LogP contribution >= 0.6 is 11.6 Å². The van der Waals surface area contributed by atoms with Crippen molar-refractivity contribution in [2.75, 3.05) is 12.4 Å². The van der Waals surface area contributed by atoms with Crippen molar-refractivity contribution >= 4 is 33.2 Å². The zero-order valence-electron chi connectivity index (χ0n) is 16.8. The number of sulfonamides is 1. The zero-order chi connectivity index (χ0) is 23.3. The fourth-order valence-electron chi connectivity index (χ4n) is 2.91. The SMILES string of the molecule is COc1c(CC(=O)Nc2ccc(S(N)(=O)=O)cc2)cccc1Oc1cccc(C#N)c1Cl. The van der Waals surface area contributed by atoms with Crippen LogP contribution in [0.3, 0.4) is 0 Å². The van der Waals surface area contributed by atoms with Crippen molar-refractivity contribution in [3.8, 4) is 23.3 Å². The molecule has 0 unspecified atom stereocenters. The van der Waals surface area contributed by atoms with Crippen molar-refractivity contribution in [2.24, 2.45) is 5.14 Å². The molecule has 0 spiro atoms. The van der Waals surface area contributed by atoms with E-state index in [9.17, 15) is 13.2 Å². The molecule has 10 heteroatoms. The third-order valence-electron chi connectivity index (χ3n) is 4.39. The fraction of sp³-hybridized carbons (Fsp3) is 0.0909. The third kappa shape index (κ3) is 5.36. The molecular weight excluding hydrogens is 454 g/mol. The Morgan fingerprint density at radius 1 is 1.09 bits per heavy atom. The molecule has 3 aromatic carbocycles. The number of nitrogens with two attached hydrogens (primary N) is 1. The molecule has 164 valence electrons. The highest BCUT2D eigenvalue weighted by atomic mass is 35.5. The Bertz CT molecular complexity index is 1300. The third-order valence-corrected chi connectivity index (χ3v) is 5.70. The second kappa shape index (κ2) is 9.70. The minimum Gasteiger partial charge on any atom is -0.493 e. The number of nitrogens with zero attached hydrogens (tertiary/aromatic N) is 1. The topological polar surface area (TPSA) is 132 Å². The number of benzene rings is 3. The summed E-state index contributed by atoms with van der Waals surface area (Å²) in [5, 5.41) is 17.1. The van der Waals surface area contributed by atoms with Gasteiger partial charge in [-0.15, -0.1) is 0 Å². The number of amides is 1. The quantitative estimate of drug-likeness (QED) is 0.538. The molecule has 0 saturated heterocycles. The summed E-state index contributed by atoms with van der Waals surface area (Å²) in [5.41, 5.74) is 1.23. The molecule has 0 saturated carbocycles. The van der Waals surface area contributed by atoms with Crippen molar-refractivity contribution in [2.45, 2.75) is 11.3 Å². The summed E-state index contributed by atoms with van der Waals surface area (Å²) in [4.78, 5) is 12.5. The van der Waals surface area contributed by atoms with Gasteiger partial charge in [0.25, 0.3) is 0 Å². The van der Waals surface area contributed by atoms with E-state index in [1.165, 1.54) is 31.4 Å². The molecule has 0 fully saturated rings. The van der Waals surface area contributed by atoms with Crippen LogP contribution in [0.15, 0.2) is 65.6 Å². The molecule has 3 N–H and O–H groups in total. The number of nitriles is 1. The van der Waals surface area contributed by atoms with Crippen LogP contribution in [-0.4, -0.2) is 21.4 Å². The van der Waals surface area contributed by atoms with Crippen molar-refractivity contribution in [3.63, 3.8) is 0 Å². The number of anilines is 1. The molecule has 0 radical (unpaired) electrons. The van der Waals surface area contributed by atoms with Crippen molar-refractivity contribution < 1.29 is 22.7 Å². The van der Waals surface area contributed by atoms with E-state index in [-0.39, 0.29) is 33.6 Å². The molecule has 0 aliphatic rings. The lowest BCUT2D eigenvalue weighted by atomic mass is 10.1. The Morgan fingerprint density at radius 3 is 2.38 bits per heavy atom. The molecule has 0 bridgehead atoms. The number of methoxy groups -OCH3 is 1. The maximum Gasteiger partial charge on any atom is 0.238 e. The number of ether oxygens (including phenoxy) is 2. The van der Waals surface area contributed by atoms with Crippen LogP contribution in [-0.2, 0) is 21.2 Å². The summed E-state index contributed by atoms with van der Waals surface area (Å²) in [6.07, 6.45) is -0.0384. The highest BCUT2D eigenvalue weighted by molar-refractivity contribution is 7.89. The molecule has 1 amide bonds. The summed E-state index contributed by atoms with van der Waals surface area (Å²) in [6, 6.07) is 17.4. The first kappa shape index (κ1) is 23.1. The summed E-state index contributed by atoms with van der Waals surface area (Å²) < 4.78 is 34.0. The average Bonchev–Trinajstić information content (AvgIpc) is 2.75. The molecule has 0 heterocycles. The fourth-order valence-corrected chi connectivity index (χ4v) is 3.64. The Morgan fingerprint density at radius 2 is 1.75 bits per heavy atom. The van der Waals surface area contributed by atoms with E-state index in [1.54, 1.807) is 36.4 Å². The van der Waals surface area contributed by atoms with E-state index in [0.717, 1.165) is 0 Å². The van der Waals surface area contributed by atoms with E-state index < -0.39 is 10.0 Å². The highest BCUT2D eigenvalue weighted by Gasteiger charge is 2.16. The number of primary sulfonamides is 1. The summed E-state index contributed by atoms with van der Waals surface area (Å²) >= 11 is 6.21. The normalized spacial score (nSPS) is 10.8. The molecule has 0 aliphatic heterocycles. The van der Waals surface area contributed by atoms with Gasteiger partial charge in [-0.1, -0.05) is 29.8 Å². The van der Waals surface area contributed by atoms with Crippen molar-refractivity contribution in [1.29, 1.82) is 5.26 Å². The Balaban J connectivity index is 1.79. The second-order valence-electron chi connectivity index (χ2n) is 6.57. The van der Waals surface area contributed by atoms with Gasteiger partial charge in [-0.3, -0.25) is 4.79 Å². The molecule has 0 aromatic heterocycles. The first-order valence-corrected chi connectivity index (χ1v) is 11.1. The minimum atomic E-state index is -3.81. The van der Waals surface area contributed by atoms with Crippen LogP contribution in [0.5, 0.6) is 17.2 Å². The molecule has 8 nitrogen and oxygen atoms in total. The smallest absolute Gasteiger partial charge is 0.238 e. The lowest BCUT2D eigenvalue weighted by Crippen LogP contribution is -2.16. The lowest BCUT2D eigenvalue weighted by molar-refractivity contribution is -0.115. The lowest BCUT2D eigenvalue weighted by Gasteiger charge is -2.15. The maximum atomic E-state index is 12.5. The summed E-state index contributed by atoms with van der Waals surface area (Å²) in [5.74, 6) is 0.590. The Kier molecular flexibility index (Phi) is 7.00. The van der Waals surface area contributed by atoms with E-state index in [0.29, 0.717) is 22.7 Å². The van der Waals surface area contributed by atoms with Gasteiger partial charge < -0.3 is 14.8 Å².